The van der Waals surface area contributed by atoms with Crippen molar-refractivity contribution in [3.05, 3.63) is 71.8 Å². The van der Waals surface area contributed by atoms with Crippen LogP contribution >= 0.6 is 0 Å². The third kappa shape index (κ3) is 8.09. The summed E-state index contributed by atoms with van der Waals surface area (Å²) in [5.41, 5.74) is 2.40. The average molecular weight is 465 g/mol. The van der Waals surface area contributed by atoms with E-state index in [2.05, 4.69) is 47.3 Å². The van der Waals surface area contributed by atoms with Gasteiger partial charge in [0.25, 0.3) is 0 Å². The van der Waals surface area contributed by atoms with Crippen LogP contribution in [0.1, 0.15) is 81.8 Å². The molecule has 34 heavy (non-hydrogen) atoms. The van der Waals surface area contributed by atoms with E-state index in [1.807, 2.05) is 12.1 Å². The molecule has 4 heteroatoms. The molecular formula is C30H40O4. The maximum Gasteiger partial charge on any atom is 0.185 e. The third-order valence-corrected chi connectivity index (χ3v) is 5.37. The summed E-state index contributed by atoms with van der Waals surface area (Å²) in [6, 6.07) is 11.2. The Hall–Kier alpha value is -3.01. The first kappa shape index (κ1) is 27.2. The number of benzene rings is 2. The van der Waals surface area contributed by atoms with Crippen LogP contribution in [0.15, 0.2) is 55.1 Å². The highest BCUT2D eigenvalue weighted by molar-refractivity contribution is 6.07. The fourth-order valence-electron chi connectivity index (χ4n) is 3.38. The van der Waals surface area contributed by atoms with Gasteiger partial charge in [-0.25, -0.2) is 0 Å². The van der Waals surface area contributed by atoms with Crippen LogP contribution in [-0.4, -0.2) is 25.6 Å². The van der Waals surface area contributed by atoms with Gasteiger partial charge >= 0.3 is 0 Å². The number of carbonyl (C=O) groups is 1. The maximum absolute atomic E-state index is 12.9. The molecule has 0 aliphatic carbocycles. The summed E-state index contributed by atoms with van der Waals surface area (Å²) in [5, 5.41) is 0. The molecule has 0 fully saturated rings. The smallest absolute Gasteiger partial charge is 0.185 e. The van der Waals surface area contributed by atoms with E-state index in [4.69, 9.17) is 14.2 Å². The lowest BCUT2D eigenvalue weighted by Crippen LogP contribution is -2.15. The van der Waals surface area contributed by atoms with E-state index in [0.717, 1.165) is 48.3 Å². The first-order chi connectivity index (χ1) is 16.3. The zero-order valence-electron chi connectivity index (χ0n) is 21.5. The number of unbranched alkanes of at least 4 members (excludes halogenated alkanes) is 2. The highest BCUT2D eigenvalue weighted by atomic mass is 16.5. The van der Waals surface area contributed by atoms with Crippen molar-refractivity contribution in [1.82, 2.24) is 0 Å². The molecular weight excluding hydrogens is 424 g/mol. The van der Waals surface area contributed by atoms with Crippen LogP contribution in [0.4, 0.5) is 0 Å². The van der Waals surface area contributed by atoms with Gasteiger partial charge in [-0.3, -0.25) is 4.79 Å². The molecule has 0 heterocycles. The molecule has 184 valence electrons. The Morgan fingerprint density at radius 1 is 0.912 bits per heavy atom. The summed E-state index contributed by atoms with van der Waals surface area (Å²) < 4.78 is 17.9. The molecule has 2 aromatic rings. The zero-order valence-corrected chi connectivity index (χ0v) is 21.5. The lowest BCUT2D eigenvalue weighted by Gasteiger charge is -2.25. The fraction of sp³-hybridized carbons (Fsp3) is 0.433. The van der Waals surface area contributed by atoms with Crippen molar-refractivity contribution in [2.45, 2.75) is 65.7 Å². The molecule has 0 bridgehead atoms. The number of ketones is 1. The SMILES string of the molecule is C=CCOc1ccc(C(=O)C=Cc2c(OCCCC)ccc(C(C)(C)C)c2OCCCC)cc1. The minimum absolute atomic E-state index is 0.0875. The van der Waals surface area contributed by atoms with Gasteiger partial charge in [-0.05, 0) is 60.7 Å². The van der Waals surface area contributed by atoms with Crippen LogP contribution in [0.3, 0.4) is 0 Å². The Bertz CT molecular complexity index is 949. The van der Waals surface area contributed by atoms with Crippen LogP contribution in [0, 0.1) is 0 Å². The predicted molar refractivity (Wildman–Crippen MR) is 141 cm³/mol. The van der Waals surface area contributed by atoms with E-state index in [1.54, 1.807) is 36.4 Å². The van der Waals surface area contributed by atoms with Crippen LogP contribution < -0.4 is 14.2 Å². The lowest BCUT2D eigenvalue weighted by molar-refractivity contribution is 0.104. The summed E-state index contributed by atoms with van der Waals surface area (Å²) in [4.78, 5) is 12.9. The quantitative estimate of drug-likeness (QED) is 0.124. The monoisotopic (exact) mass is 464 g/mol. The number of ether oxygens (including phenoxy) is 3. The number of hydrogen-bond donors (Lipinski definition) is 0. The van der Waals surface area contributed by atoms with Crippen LogP contribution in [0.25, 0.3) is 6.08 Å². The van der Waals surface area contributed by atoms with Crippen molar-refractivity contribution in [2.75, 3.05) is 19.8 Å². The molecule has 0 aliphatic rings. The van der Waals surface area contributed by atoms with E-state index in [9.17, 15) is 4.79 Å². The molecule has 0 aliphatic heterocycles. The van der Waals surface area contributed by atoms with Gasteiger partial charge in [-0.15, -0.1) is 0 Å². The largest absolute Gasteiger partial charge is 0.493 e. The predicted octanol–water partition coefficient (Wildman–Crippen LogP) is 7.80. The van der Waals surface area contributed by atoms with Crippen molar-refractivity contribution in [2.24, 2.45) is 0 Å². The molecule has 0 unspecified atom stereocenters. The van der Waals surface area contributed by atoms with Gasteiger partial charge in [0.05, 0.1) is 18.8 Å². The van der Waals surface area contributed by atoms with Gasteiger partial charge in [0.2, 0.25) is 0 Å². The van der Waals surface area contributed by atoms with Crippen LogP contribution in [0.2, 0.25) is 0 Å². The number of allylic oxidation sites excluding steroid dienone is 1. The molecule has 0 saturated carbocycles. The first-order valence-corrected chi connectivity index (χ1v) is 12.3. The summed E-state index contributed by atoms with van der Waals surface area (Å²) in [5.74, 6) is 2.16. The number of rotatable bonds is 14. The minimum atomic E-state index is -0.114. The van der Waals surface area contributed by atoms with E-state index >= 15 is 0 Å². The number of hydrogen-bond acceptors (Lipinski definition) is 4. The van der Waals surface area contributed by atoms with Crippen molar-refractivity contribution < 1.29 is 19.0 Å². The highest BCUT2D eigenvalue weighted by Crippen LogP contribution is 2.40. The van der Waals surface area contributed by atoms with E-state index in [0.29, 0.717) is 31.1 Å². The van der Waals surface area contributed by atoms with Crippen molar-refractivity contribution in [3.63, 3.8) is 0 Å². The van der Waals surface area contributed by atoms with E-state index < -0.39 is 0 Å². The fourth-order valence-corrected chi connectivity index (χ4v) is 3.38. The zero-order chi connectivity index (χ0) is 25.0. The van der Waals surface area contributed by atoms with Crippen molar-refractivity contribution in [1.29, 1.82) is 0 Å². The summed E-state index contributed by atoms with van der Waals surface area (Å²) >= 11 is 0. The Morgan fingerprint density at radius 2 is 1.56 bits per heavy atom. The standard InChI is InChI=1S/C30H40O4/c1-7-10-21-33-28-19-17-26(30(4,5)6)29(34-22-11-8-2)25(28)16-18-27(31)23-12-14-24(15-13-23)32-20-9-3/h9,12-19H,3,7-8,10-11,20-22H2,1-2,4-6H3. The second kappa shape index (κ2) is 13.6. The molecule has 0 atom stereocenters. The third-order valence-electron chi connectivity index (χ3n) is 5.37. The summed E-state index contributed by atoms with van der Waals surface area (Å²) in [6.07, 6.45) is 9.16. The van der Waals surface area contributed by atoms with Gasteiger partial charge in [-0.1, -0.05) is 66.2 Å². The van der Waals surface area contributed by atoms with Crippen LogP contribution in [0.5, 0.6) is 17.2 Å². The topological polar surface area (TPSA) is 44.8 Å². The maximum atomic E-state index is 12.9. The Morgan fingerprint density at radius 3 is 2.15 bits per heavy atom. The van der Waals surface area contributed by atoms with Crippen molar-refractivity contribution >= 4 is 11.9 Å². The normalized spacial score (nSPS) is 11.4. The van der Waals surface area contributed by atoms with Gasteiger partial charge in [0, 0.05) is 11.1 Å². The molecule has 0 N–H and O–H groups in total. The minimum Gasteiger partial charge on any atom is -0.493 e. The Labute approximate surface area is 205 Å². The Balaban J connectivity index is 2.42. The second-order valence-corrected chi connectivity index (χ2v) is 9.33. The molecule has 0 radical (unpaired) electrons. The second-order valence-electron chi connectivity index (χ2n) is 9.33. The molecule has 0 spiro atoms. The van der Waals surface area contributed by atoms with E-state index in [-0.39, 0.29) is 11.2 Å². The molecule has 2 aromatic carbocycles. The molecule has 0 saturated heterocycles. The molecule has 2 rings (SSSR count). The molecule has 0 aromatic heterocycles. The Kier molecular flexibility index (Phi) is 10.9. The van der Waals surface area contributed by atoms with Gasteiger partial charge < -0.3 is 14.2 Å². The molecule has 0 amide bonds. The average Bonchev–Trinajstić information content (AvgIpc) is 2.81. The van der Waals surface area contributed by atoms with Gasteiger partial charge in [0.15, 0.2) is 5.78 Å². The van der Waals surface area contributed by atoms with Crippen molar-refractivity contribution in [3.8, 4) is 17.2 Å². The van der Waals surface area contributed by atoms with Crippen LogP contribution in [-0.2, 0) is 5.41 Å². The van der Waals surface area contributed by atoms with Gasteiger partial charge in [-0.2, -0.15) is 0 Å². The highest BCUT2D eigenvalue weighted by Gasteiger charge is 2.23. The number of carbonyl (C=O) groups excluding carboxylic acids is 1. The van der Waals surface area contributed by atoms with E-state index in [1.165, 1.54) is 0 Å². The first-order valence-electron chi connectivity index (χ1n) is 12.3. The molecule has 4 nitrogen and oxygen atoms in total. The lowest BCUT2D eigenvalue weighted by atomic mass is 9.84. The van der Waals surface area contributed by atoms with Gasteiger partial charge in [0.1, 0.15) is 23.9 Å². The summed E-state index contributed by atoms with van der Waals surface area (Å²) in [6.45, 7) is 16.1. The summed E-state index contributed by atoms with van der Waals surface area (Å²) in [7, 11) is 0.